The van der Waals surface area contributed by atoms with Gasteiger partial charge in [-0.2, -0.15) is 0 Å². The molecule has 0 bridgehead atoms. The topological polar surface area (TPSA) is 421 Å². The number of aliphatic hydroxyl groups is 15. The molecule has 4 saturated heterocycles. The monoisotopic (exact) mass is 1220 g/mol. The van der Waals surface area contributed by atoms with Gasteiger partial charge in [-0.1, -0.05) is 66.2 Å². The van der Waals surface area contributed by atoms with Crippen molar-refractivity contribution in [2.24, 2.45) is 50.2 Å². The van der Waals surface area contributed by atoms with Crippen LogP contribution >= 0.6 is 0 Å². The van der Waals surface area contributed by atoms with E-state index in [0.29, 0.717) is 32.1 Å². The Morgan fingerprint density at radius 2 is 1.12 bits per heavy atom. The number of hydrogen-bond acceptors (Lipinski definition) is 26. The lowest BCUT2D eigenvalue weighted by Crippen LogP contribution is -2.71. The van der Waals surface area contributed by atoms with Crippen molar-refractivity contribution in [1.82, 2.24) is 0 Å². The molecule has 486 valence electrons. The van der Waals surface area contributed by atoms with E-state index < -0.39 is 213 Å². The van der Waals surface area contributed by atoms with E-state index in [4.69, 9.17) is 42.6 Å². The fourth-order valence-corrected chi connectivity index (χ4v) is 16.8. The van der Waals surface area contributed by atoms with Crippen LogP contribution in [-0.2, 0) is 52.2 Å². The molecule has 0 amide bonds. The summed E-state index contributed by atoms with van der Waals surface area (Å²) in [6, 6.07) is 0. The molecule has 85 heavy (non-hydrogen) atoms. The standard InChI is InChI=1S/C59H94O26/c1-10-24(2)49(76)85-46-38(66)30(22-78-51-43(71)40(68)36(64)28(20-61)81-51)83-53(45(46)73)84-34-14-15-56(7)31(55(34,5)6)13-16-57(8)32(56)12-11-25-26-17-54(3,4)47(74)48(75)59(26,33(62)18-58(25,57)9)23-79-52-44(72)41(69)37(65)29(82-52)21-77-50-42(70)39(67)35(63)27(19-60)80-50/h10-11,26-32,34-48,50-53,60-61,63-75H,12-23H2,1-9H3/t26-,27+,28+,29+,30+,31-,32+,34+,35+,36+,37+,38+,39-,40-,41-,42+,43+,44+,45+,46-,47-,48-,50+,51+,52+,53-,56-,57+,58+,59-/m0/s1. The van der Waals surface area contributed by atoms with Gasteiger partial charge >= 0.3 is 5.97 Å². The average molecular weight is 1220 g/mol. The van der Waals surface area contributed by atoms with Gasteiger partial charge in [0.05, 0.1) is 56.8 Å². The van der Waals surface area contributed by atoms with E-state index in [9.17, 15) is 81.4 Å². The molecule has 0 aromatic heterocycles. The molecule has 9 aliphatic rings. The summed E-state index contributed by atoms with van der Waals surface area (Å²) in [5.74, 6) is -1.92. The predicted molar refractivity (Wildman–Crippen MR) is 289 cm³/mol. The van der Waals surface area contributed by atoms with Crippen LogP contribution in [0.4, 0.5) is 0 Å². The number of carbonyl (C=O) groups excluding carboxylic acids is 2. The van der Waals surface area contributed by atoms with Crippen molar-refractivity contribution < 1.29 is 129 Å². The lowest BCUT2D eigenvalue weighted by Gasteiger charge is -2.71. The zero-order valence-electron chi connectivity index (χ0n) is 49.9. The number of rotatable bonds is 15. The van der Waals surface area contributed by atoms with Gasteiger partial charge < -0.3 is 119 Å². The van der Waals surface area contributed by atoms with Crippen molar-refractivity contribution in [3.8, 4) is 0 Å². The zero-order valence-corrected chi connectivity index (χ0v) is 49.9. The van der Waals surface area contributed by atoms with Crippen molar-refractivity contribution in [1.29, 1.82) is 0 Å². The Hall–Kier alpha value is -2.30. The molecule has 9 rings (SSSR count). The molecule has 26 heteroatoms. The molecule has 4 heterocycles. The largest absolute Gasteiger partial charge is 0.453 e. The Balaban J connectivity index is 0.943. The number of ketones is 1. The van der Waals surface area contributed by atoms with Crippen molar-refractivity contribution in [2.45, 2.75) is 248 Å². The smallest absolute Gasteiger partial charge is 0.333 e. The Morgan fingerprint density at radius 1 is 0.612 bits per heavy atom. The molecule has 8 fully saturated rings. The van der Waals surface area contributed by atoms with Crippen molar-refractivity contribution in [3.05, 3.63) is 23.3 Å². The summed E-state index contributed by atoms with van der Waals surface area (Å²) >= 11 is 0. The minimum absolute atomic E-state index is 0.00788. The van der Waals surface area contributed by atoms with E-state index in [2.05, 4.69) is 40.7 Å². The second-order valence-corrected chi connectivity index (χ2v) is 27.8. The summed E-state index contributed by atoms with van der Waals surface area (Å²) in [5, 5.41) is 163. The molecule has 0 radical (unpaired) electrons. The summed E-state index contributed by atoms with van der Waals surface area (Å²) in [5.41, 5.74) is -3.88. The maximum atomic E-state index is 15.6. The first-order valence-electron chi connectivity index (χ1n) is 30.0. The second-order valence-electron chi connectivity index (χ2n) is 27.8. The molecule has 26 nitrogen and oxygen atoms in total. The number of fused-ring (bicyclic) bond motifs is 7. The van der Waals surface area contributed by atoms with Gasteiger partial charge in [0.25, 0.3) is 0 Å². The average Bonchev–Trinajstić information content (AvgIpc) is 0.707. The summed E-state index contributed by atoms with van der Waals surface area (Å²) in [6.07, 6.45) is -29.6. The fourth-order valence-electron chi connectivity index (χ4n) is 16.8. The molecule has 5 aliphatic carbocycles. The minimum atomic E-state index is -1.89. The highest BCUT2D eigenvalue weighted by Crippen LogP contribution is 2.75. The first-order valence-corrected chi connectivity index (χ1v) is 30.0. The van der Waals surface area contributed by atoms with E-state index in [1.807, 2.05) is 13.8 Å². The van der Waals surface area contributed by atoms with E-state index in [-0.39, 0.29) is 41.4 Å². The lowest BCUT2D eigenvalue weighted by molar-refractivity contribution is -0.345. The molecular formula is C59H94O26. The summed E-state index contributed by atoms with van der Waals surface area (Å²) in [4.78, 5) is 28.8. The number of aliphatic hydroxyl groups excluding tert-OH is 15. The number of carbonyl (C=O) groups is 2. The third-order valence-electron chi connectivity index (χ3n) is 22.5. The second kappa shape index (κ2) is 24.7. The Bertz CT molecular complexity index is 2440. The van der Waals surface area contributed by atoms with Crippen LogP contribution < -0.4 is 0 Å². The van der Waals surface area contributed by atoms with Gasteiger partial charge in [-0.25, -0.2) is 4.79 Å². The number of allylic oxidation sites excluding steroid dienone is 3. The first-order chi connectivity index (χ1) is 39.7. The summed E-state index contributed by atoms with van der Waals surface area (Å²) < 4.78 is 53.4. The van der Waals surface area contributed by atoms with Crippen LogP contribution in [0.1, 0.15) is 107 Å². The van der Waals surface area contributed by atoms with Gasteiger partial charge in [0, 0.05) is 17.4 Å². The van der Waals surface area contributed by atoms with Crippen molar-refractivity contribution in [2.75, 3.05) is 33.0 Å². The maximum absolute atomic E-state index is 15.6. The first kappa shape index (κ1) is 67.1. The molecule has 0 spiro atoms. The number of esters is 1. The SMILES string of the molecule is CC=C(C)C(=O)O[C@@H]1[C@@H](O)[C@H](O[C@@H]2CC[C@]3(C)[C@H]4CC=C5[C@@H]6CC(C)(C)[C@@H](O)[C@H](O)[C@]6(CO[C@@H]6O[C@H](CO[C@@H]7O[C@H](CO)[C@@H](O)[C@H](O)[C@H]7O)[C@@H](O)[C@H](O)[C@H]6O)C(=O)C[C@@]5(C)[C@]4(C)CC[C@H]3C2(C)C)O[C@H](CO[C@@H]2O[C@H](CO)[C@@H](O)[C@H](O)[C@H]2O)[C@H]1O. The quantitative estimate of drug-likeness (QED) is 0.0338. The van der Waals surface area contributed by atoms with E-state index in [0.717, 1.165) is 5.57 Å². The molecule has 4 aliphatic heterocycles. The molecule has 30 atom stereocenters. The lowest BCUT2D eigenvalue weighted by atomic mass is 9.33. The molecule has 4 saturated carbocycles. The zero-order chi connectivity index (χ0) is 62.6. The molecule has 0 aromatic carbocycles. The van der Waals surface area contributed by atoms with Crippen LogP contribution in [0.25, 0.3) is 0 Å². The van der Waals surface area contributed by atoms with E-state index in [1.54, 1.807) is 6.92 Å². The van der Waals surface area contributed by atoms with Crippen molar-refractivity contribution >= 4 is 11.8 Å². The fraction of sp³-hybridized carbons (Fsp3) is 0.898. The van der Waals surface area contributed by atoms with Gasteiger partial charge in [-0.05, 0) is 91.8 Å². The van der Waals surface area contributed by atoms with E-state index in [1.165, 1.54) is 13.0 Å². The van der Waals surface area contributed by atoms with Gasteiger partial charge in [0.2, 0.25) is 0 Å². The summed E-state index contributed by atoms with van der Waals surface area (Å²) in [7, 11) is 0. The molecule has 15 N–H and O–H groups in total. The third-order valence-corrected chi connectivity index (χ3v) is 22.5. The van der Waals surface area contributed by atoms with Gasteiger partial charge in [0.1, 0.15) is 97.3 Å². The number of ether oxygens (including phenoxy) is 9. The predicted octanol–water partition coefficient (Wildman–Crippen LogP) is -2.92. The normalized spacial score (nSPS) is 51.6. The van der Waals surface area contributed by atoms with Crippen molar-refractivity contribution in [3.63, 3.8) is 0 Å². The third kappa shape index (κ3) is 11.2. The summed E-state index contributed by atoms with van der Waals surface area (Å²) in [6.45, 7) is 14.4. The van der Waals surface area contributed by atoms with E-state index >= 15 is 4.79 Å². The molecular weight excluding hydrogens is 1120 g/mol. The van der Waals surface area contributed by atoms with Gasteiger partial charge in [-0.3, -0.25) is 4.79 Å². The Kier molecular flexibility index (Phi) is 19.5. The Labute approximate surface area is 494 Å². The number of hydrogen-bond donors (Lipinski definition) is 15. The van der Waals surface area contributed by atoms with Crippen LogP contribution in [0.2, 0.25) is 0 Å². The van der Waals surface area contributed by atoms with Gasteiger partial charge in [-0.15, -0.1) is 0 Å². The molecule has 0 unspecified atom stereocenters. The highest BCUT2D eigenvalue weighted by atomic mass is 16.7. The maximum Gasteiger partial charge on any atom is 0.333 e. The minimum Gasteiger partial charge on any atom is -0.453 e. The van der Waals surface area contributed by atoms with Gasteiger partial charge in [0.15, 0.2) is 31.3 Å². The van der Waals surface area contributed by atoms with Crippen LogP contribution in [0, 0.1) is 50.2 Å². The number of Topliss-reactive ketones (excluding diaryl/α,β-unsaturated/α-hetero) is 1. The van der Waals surface area contributed by atoms with Crippen LogP contribution in [0.3, 0.4) is 0 Å². The Morgan fingerprint density at radius 3 is 1.66 bits per heavy atom. The highest BCUT2D eigenvalue weighted by Gasteiger charge is 2.73. The van der Waals surface area contributed by atoms with Crippen LogP contribution in [-0.4, -0.2) is 263 Å². The highest BCUT2D eigenvalue weighted by molar-refractivity contribution is 5.90. The van der Waals surface area contributed by atoms with Crippen LogP contribution in [0.5, 0.6) is 0 Å². The molecule has 0 aromatic rings. The van der Waals surface area contributed by atoms with Crippen LogP contribution in [0.15, 0.2) is 23.3 Å².